The highest BCUT2D eigenvalue weighted by Crippen LogP contribution is 2.22. The lowest BCUT2D eigenvalue weighted by molar-refractivity contribution is 0.0475. The largest absolute Gasteiger partial charge is 0.467 e. The van der Waals surface area contributed by atoms with Crippen molar-refractivity contribution in [2.45, 2.75) is 27.3 Å². The predicted molar refractivity (Wildman–Crippen MR) is 117 cm³/mol. The van der Waals surface area contributed by atoms with E-state index in [4.69, 9.17) is 13.7 Å². The number of anilines is 1. The van der Waals surface area contributed by atoms with Gasteiger partial charge in [0.1, 0.15) is 11.5 Å². The van der Waals surface area contributed by atoms with Crippen molar-refractivity contribution < 1.29 is 23.3 Å². The zero-order valence-corrected chi connectivity index (χ0v) is 18.0. The number of aryl methyl sites for hydroxylation is 2. The summed E-state index contributed by atoms with van der Waals surface area (Å²) >= 11 is 0. The molecule has 3 heterocycles. The van der Waals surface area contributed by atoms with Gasteiger partial charge < -0.3 is 19.0 Å². The second kappa shape index (κ2) is 8.97. The minimum Gasteiger partial charge on any atom is -0.467 e. The van der Waals surface area contributed by atoms with Crippen LogP contribution in [0, 0.1) is 20.8 Å². The number of para-hydroxylation sites is 1. The van der Waals surface area contributed by atoms with E-state index in [2.05, 4.69) is 10.5 Å². The van der Waals surface area contributed by atoms with Gasteiger partial charge in [0.05, 0.1) is 18.4 Å². The molecule has 32 heavy (non-hydrogen) atoms. The van der Waals surface area contributed by atoms with Crippen LogP contribution in [0.4, 0.5) is 5.69 Å². The van der Waals surface area contributed by atoms with Crippen molar-refractivity contribution >= 4 is 17.4 Å². The summed E-state index contributed by atoms with van der Waals surface area (Å²) in [5.74, 6) is 1.14. The molecule has 0 spiro atoms. The van der Waals surface area contributed by atoms with Crippen molar-refractivity contribution in [2.24, 2.45) is 0 Å². The van der Waals surface area contributed by atoms with Crippen LogP contribution in [-0.2, 0) is 11.3 Å². The summed E-state index contributed by atoms with van der Waals surface area (Å²) in [6, 6.07) is 14.2. The number of nitrogens with one attached hydrogen (secondary N) is 1. The van der Waals surface area contributed by atoms with Gasteiger partial charge in [-0.25, -0.2) is 4.79 Å². The molecule has 0 saturated heterocycles. The summed E-state index contributed by atoms with van der Waals surface area (Å²) in [7, 11) is 0. The Bertz CT molecular complexity index is 1250. The lowest BCUT2D eigenvalue weighted by Crippen LogP contribution is -2.16. The summed E-state index contributed by atoms with van der Waals surface area (Å²) in [6.07, 6.45) is 1.59. The van der Waals surface area contributed by atoms with E-state index in [-0.39, 0.29) is 12.4 Å². The first-order chi connectivity index (χ1) is 15.4. The maximum absolute atomic E-state index is 12.8. The molecular formula is C24H23N3O5. The number of carbonyl (C=O) groups is 2. The number of carbonyl (C=O) groups excluding carboxylic acids is 2. The van der Waals surface area contributed by atoms with Crippen molar-refractivity contribution in [3.63, 3.8) is 0 Å². The third-order valence-corrected chi connectivity index (χ3v) is 5.09. The number of furan rings is 1. The van der Waals surface area contributed by atoms with E-state index < -0.39 is 5.97 Å². The molecule has 0 bridgehead atoms. The lowest BCUT2D eigenvalue weighted by atomic mass is 10.1. The number of hydrogen-bond donors (Lipinski definition) is 1. The van der Waals surface area contributed by atoms with Crippen LogP contribution in [0.3, 0.4) is 0 Å². The fourth-order valence-electron chi connectivity index (χ4n) is 3.55. The number of aromatic nitrogens is 2. The fourth-order valence-corrected chi connectivity index (χ4v) is 3.55. The number of nitrogens with zero attached hydrogens (tertiary/aromatic N) is 2. The number of esters is 1. The van der Waals surface area contributed by atoms with Crippen molar-refractivity contribution in [1.29, 1.82) is 0 Å². The molecule has 0 fully saturated rings. The van der Waals surface area contributed by atoms with Crippen LogP contribution in [0.15, 0.2) is 63.7 Å². The van der Waals surface area contributed by atoms with Gasteiger partial charge in [0.15, 0.2) is 12.4 Å². The van der Waals surface area contributed by atoms with Crippen LogP contribution in [0.5, 0.6) is 0 Å². The fraction of sp³-hybridized carbons (Fsp3) is 0.208. The Hall–Kier alpha value is -4.07. The number of Topliss-reactive ketones (excluding diaryl/α,β-unsaturated/α-hetero) is 1. The molecule has 1 aromatic carbocycles. The van der Waals surface area contributed by atoms with E-state index >= 15 is 0 Å². The highest BCUT2D eigenvalue weighted by Gasteiger charge is 2.21. The molecule has 0 aliphatic carbocycles. The van der Waals surface area contributed by atoms with Crippen molar-refractivity contribution in [3.8, 4) is 5.82 Å². The Balaban J connectivity index is 1.44. The van der Waals surface area contributed by atoms with E-state index in [1.54, 1.807) is 49.6 Å². The zero-order valence-electron chi connectivity index (χ0n) is 18.0. The molecule has 0 aliphatic rings. The van der Waals surface area contributed by atoms with Gasteiger partial charge in [-0.3, -0.25) is 9.36 Å². The Morgan fingerprint density at radius 2 is 1.88 bits per heavy atom. The molecule has 0 radical (unpaired) electrons. The van der Waals surface area contributed by atoms with Crippen molar-refractivity contribution in [2.75, 3.05) is 11.9 Å². The highest BCUT2D eigenvalue weighted by molar-refractivity contribution is 6.01. The molecule has 4 aromatic rings. The maximum atomic E-state index is 12.8. The molecular weight excluding hydrogens is 410 g/mol. The SMILES string of the molecule is Cc1cc(-n2c(C)cc(C(=O)COC(=O)c3ccccc3NCc3ccco3)c2C)no1. The summed E-state index contributed by atoms with van der Waals surface area (Å²) in [5.41, 5.74) is 2.95. The van der Waals surface area contributed by atoms with E-state index in [0.717, 1.165) is 11.5 Å². The van der Waals surface area contributed by atoms with Crippen LogP contribution >= 0.6 is 0 Å². The molecule has 0 aliphatic heterocycles. The second-order valence-corrected chi connectivity index (χ2v) is 7.39. The van der Waals surface area contributed by atoms with Crippen LogP contribution in [0.1, 0.15) is 43.6 Å². The van der Waals surface area contributed by atoms with Gasteiger partial charge >= 0.3 is 5.97 Å². The normalized spacial score (nSPS) is 10.8. The predicted octanol–water partition coefficient (Wildman–Crippen LogP) is 4.64. The van der Waals surface area contributed by atoms with E-state index in [1.807, 2.05) is 30.5 Å². The van der Waals surface area contributed by atoms with E-state index in [9.17, 15) is 9.59 Å². The second-order valence-electron chi connectivity index (χ2n) is 7.39. The van der Waals surface area contributed by atoms with Gasteiger partial charge in [-0.05, 0) is 51.1 Å². The molecule has 8 heteroatoms. The first-order valence-electron chi connectivity index (χ1n) is 10.1. The summed E-state index contributed by atoms with van der Waals surface area (Å²) in [6.45, 7) is 5.55. The first-order valence-corrected chi connectivity index (χ1v) is 10.1. The third kappa shape index (κ3) is 4.34. The number of hydrogen-bond acceptors (Lipinski definition) is 7. The molecule has 164 valence electrons. The smallest absolute Gasteiger partial charge is 0.340 e. The van der Waals surface area contributed by atoms with E-state index in [1.165, 1.54) is 0 Å². The van der Waals surface area contributed by atoms with Gasteiger partial charge in [-0.15, -0.1) is 0 Å². The third-order valence-electron chi connectivity index (χ3n) is 5.09. The summed E-state index contributed by atoms with van der Waals surface area (Å²) < 4.78 is 17.6. The first kappa shape index (κ1) is 21.2. The average Bonchev–Trinajstić information content (AvgIpc) is 3.51. The summed E-state index contributed by atoms with van der Waals surface area (Å²) in [5, 5.41) is 7.17. The Morgan fingerprint density at radius 1 is 1.06 bits per heavy atom. The standard InChI is InChI=1S/C24H23N3O5/c1-15-11-20(17(3)27(15)23-12-16(2)32-26-23)22(28)14-31-24(29)19-8-4-5-9-21(19)25-13-18-7-6-10-30-18/h4-12,25H,13-14H2,1-3H3. The van der Waals surface area contributed by atoms with Gasteiger partial charge in [0.25, 0.3) is 0 Å². The van der Waals surface area contributed by atoms with Gasteiger partial charge in [0.2, 0.25) is 5.78 Å². The summed E-state index contributed by atoms with van der Waals surface area (Å²) in [4.78, 5) is 25.5. The molecule has 0 saturated carbocycles. The Morgan fingerprint density at radius 3 is 2.59 bits per heavy atom. The molecule has 8 nitrogen and oxygen atoms in total. The Kier molecular flexibility index (Phi) is 5.93. The van der Waals surface area contributed by atoms with Gasteiger partial charge in [-0.1, -0.05) is 17.3 Å². The monoisotopic (exact) mass is 433 g/mol. The average molecular weight is 433 g/mol. The van der Waals surface area contributed by atoms with E-state index in [0.29, 0.717) is 40.6 Å². The number of rotatable bonds is 8. The van der Waals surface area contributed by atoms with Crippen LogP contribution in [0.25, 0.3) is 5.82 Å². The molecule has 1 N–H and O–H groups in total. The molecule has 0 unspecified atom stereocenters. The van der Waals surface area contributed by atoms with Crippen LogP contribution < -0.4 is 5.32 Å². The van der Waals surface area contributed by atoms with Crippen molar-refractivity contribution in [3.05, 3.63) is 88.8 Å². The number of benzene rings is 1. The quantitative estimate of drug-likeness (QED) is 0.319. The van der Waals surface area contributed by atoms with Crippen LogP contribution in [0.2, 0.25) is 0 Å². The zero-order chi connectivity index (χ0) is 22.7. The van der Waals surface area contributed by atoms with Crippen molar-refractivity contribution in [1.82, 2.24) is 9.72 Å². The molecule has 0 amide bonds. The van der Waals surface area contributed by atoms with Gasteiger partial charge in [0, 0.05) is 28.7 Å². The molecule has 0 atom stereocenters. The maximum Gasteiger partial charge on any atom is 0.340 e. The van der Waals surface area contributed by atoms with Crippen LogP contribution in [-0.4, -0.2) is 28.1 Å². The lowest BCUT2D eigenvalue weighted by Gasteiger charge is -2.11. The minimum absolute atomic E-state index is 0.293. The van der Waals surface area contributed by atoms with Gasteiger partial charge in [-0.2, -0.15) is 0 Å². The molecule has 4 rings (SSSR count). The highest BCUT2D eigenvalue weighted by atomic mass is 16.5. The number of ketones is 1. The Labute approximate surface area is 184 Å². The minimum atomic E-state index is -0.582. The molecule has 3 aromatic heterocycles. The topological polar surface area (TPSA) is 99.5 Å². The number of ether oxygens (including phenoxy) is 1.